The van der Waals surface area contributed by atoms with E-state index in [0.29, 0.717) is 5.56 Å². The second-order valence-electron chi connectivity index (χ2n) is 13.0. The smallest absolute Gasteiger partial charge is 0.408 e. The van der Waals surface area contributed by atoms with Crippen LogP contribution in [-0.2, 0) is 36.7 Å². The average molecular weight is 594 g/mol. The molecule has 0 aromatic heterocycles. The van der Waals surface area contributed by atoms with Crippen molar-refractivity contribution in [2.24, 2.45) is 0 Å². The Balaban J connectivity index is 1.96. The molecular weight excluding hydrogens is 546 g/mol. The fraction of sp³-hybridized carbons (Fsp3) is 0.529. The summed E-state index contributed by atoms with van der Waals surface area (Å²) in [6.07, 6.45) is 2.71. The molecule has 2 atom stereocenters. The van der Waals surface area contributed by atoms with Gasteiger partial charge in [0.25, 0.3) is 0 Å². The summed E-state index contributed by atoms with van der Waals surface area (Å²) in [5, 5.41) is 5.48. The monoisotopic (exact) mass is 593 g/mol. The molecule has 0 saturated heterocycles. The first-order valence-corrected chi connectivity index (χ1v) is 15.1. The molecular formula is C34H47N3O6. The Morgan fingerprint density at radius 1 is 0.860 bits per heavy atom. The van der Waals surface area contributed by atoms with E-state index >= 15 is 0 Å². The molecule has 3 amide bonds. The molecule has 2 unspecified atom stereocenters. The molecule has 2 aromatic rings. The molecule has 2 aromatic carbocycles. The van der Waals surface area contributed by atoms with E-state index in [-0.39, 0.29) is 19.0 Å². The van der Waals surface area contributed by atoms with Gasteiger partial charge in [-0.2, -0.15) is 0 Å². The topological polar surface area (TPSA) is 114 Å². The lowest BCUT2D eigenvalue weighted by Crippen LogP contribution is -2.56. The van der Waals surface area contributed by atoms with Crippen LogP contribution in [0.4, 0.5) is 4.79 Å². The van der Waals surface area contributed by atoms with E-state index in [1.807, 2.05) is 61.5 Å². The molecule has 1 aliphatic carbocycles. The Labute approximate surface area is 255 Å². The first-order valence-electron chi connectivity index (χ1n) is 15.1. The lowest BCUT2D eigenvalue weighted by molar-refractivity contribution is -0.159. The summed E-state index contributed by atoms with van der Waals surface area (Å²) in [5.74, 6) is -1.46. The number of nitrogens with zero attached hydrogens (tertiary/aromatic N) is 1. The largest absolute Gasteiger partial charge is 0.458 e. The molecule has 1 aliphatic rings. The average Bonchev–Trinajstić information content (AvgIpc) is 2.89. The highest BCUT2D eigenvalue weighted by Crippen LogP contribution is 2.33. The van der Waals surface area contributed by atoms with Gasteiger partial charge in [0, 0.05) is 12.5 Å². The van der Waals surface area contributed by atoms with Gasteiger partial charge in [-0.25, -0.2) is 9.59 Å². The molecule has 234 valence electrons. The van der Waals surface area contributed by atoms with Crippen LogP contribution in [-0.4, -0.2) is 58.6 Å². The summed E-state index contributed by atoms with van der Waals surface area (Å²) >= 11 is 0. The number of esters is 1. The Morgan fingerprint density at radius 3 is 1.98 bits per heavy atom. The van der Waals surface area contributed by atoms with Crippen molar-refractivity contribution in [3.63, 3.8) is 0 Å². The summed E-state index contributed by atoms with van der Waals surface area (Å²) in [7, 11) is 0. The highest BCUT2D eigenvalue weighted by Gasteiger charge is 2.40. The Bertz CT molecular complexity index is 1240. The van der Waals surface area contributed by atoms with E-state index in [9.17, 15) is 19.2 Å². The van der Waals surface area contributed by atoms with Gasteiger partial charge < -0.3 is 25.0 Å². The Morgan fingerprint density at radius 2 is 1.47 bits per heavy atom. The van der Waals surface area contributed by atoms with Gasteiger partial charge in [-0.15, -0.1) is 0 Å². The third kappa shape index (κ3) is 10.4. The van der Waals surface area contributed by atoms with Crippen molar-refractivity contribution in [1.29, 1.82) is 0 Å². The van der Waals surface area contributed by atoms with Gasteiger partial charge in [-0.1, -0.05) is 61.5 Å². The first-order chi connectivity index (χ1) is 20.2. The molecule has 9 heteroatoms. The zero-order valence-electron chi connectivity index (χ0n) is 26.6. The normalized spacial score (nSPS) is 15.0. The minimum absolute atomic E-state index is 0.191. The van der Waals surface area contributed by atoms with Gasteiger partial charge in [0.2, 0.25) is 11.8 Å². The molecule has 0 aliphatic heterocycles. The minimum Gasteiger partial charge on any atom is -0.458 e. The van der Waals surface area contributed by atoms with Gasteiger partial charge in [-0.3, -0.25) is 9.59 Å². The van der Waals surface area contributed by atoms with Gasteiger partial charge in [0.05, 0.1) is 0 Å². The molecule has 0 spiro atoms. The highest BCUT2D eigenvalue weighted by atomic mass is 16.6. The lowest BCUT2D eigenvalue weighted by Gasteiger charge is -2.42. The maximum absolute atomic E-state index is 14.3. The molecule has 1 saturated carbocycles. The SMILES string of the molecule is CCc1ccc(C(C(=O)NC(Cc2ccccc2)C(=O)OC(C)(C)C)N(C(=O)CNC(=O)OC(C)(C)C)C2CCC2)cc1. The van der Waals surface area contributed by atoms with Gasteiger partial charge >= 0.3 is 12.1 Å². The van der Waals surface area contributed by atoms with Crippen LogP contribution in [0.15, 0.2) is 54.6 Å². The molecule has 3 rings (SSSR count). The minimum atomic E-state index is -1.02. The summed E-state index contributed by atoms with van der Waals surface area (Å²) in [6, 6.07) is 14.8. The van der Waals surface area contributed by atoms with Crippen molar-refractivity contribution in [1.82, 2.24) is 15.5 Å². The second-order valence-corrected chi connectivity index (χ2v) is 13.0. The van der Waals surface area contributed by atoms with Crippen LogP contribution in [0.3, 0.4) is 0 Å². The fourth-order valence-corrected chi connectivity index (χ4v) is 4.82. The van der Waals surface area contributed by atoms with E-state index in [1.165, 1.54) is 0 Å². The van der Waals surface area contributed by atoms with Crippen LogP contribution < -0.4 is 10.6 Å². The number of ether oxygens (including phenoxy) is 2. The van der Waals surface area contributed by atoms with Gasteiger partial charge in [0.1, 0.15) is 29.8 Å². The summed E-state index contributed by atoms with van der Waals surface area (Å²) in [4.78, 5) is 55.3. The van der Waals surface area contributed by atoms with Crippen molar-refractivity contribution < 1.29 is 28.7 Å². The highest BCUT2D eigenvalue weighted by molar-refractivity contribution is 5.93. The quantitative estimate of drug-likeness (QED) is 0.344. The van der Waals surface area contributed by atoms with E-state index in [2.05, 4.69) is 10.6 Å². The van der Waals surface area contributed by atoms with Gasteiger partial charge in [0.15, 0.2) is 0 Å². The third-order valence-corrected chi connectivity index (χ3v) is 7.06. The first kappa shape index (κ1) is 33.6. The third-order valence-electron chi connectivity index (χ3n) is 7.06. The van der Waals surface area contributed by atoms with E-state index in [4.69, 9.17) is 9.47 Å². The number of carbonyl (C=O) groups excluding carboxylic acids is 4. The number of nitrogens with one attached hydrogen (secondary N) is 2. The number of alkyl carbamates (subject to hydrolysis) is 1. The molecule has 1 fully saturated rings. The summed E-state index contributed by atoms with van der Waals surface area (Å²) < 4.78 is 11.0. The van der Waals surface area contributed by atoms with Crippen LogP contribution in [0.1, 0.15) is 90.5 Å². The Hall–Kier alpha value is -3.88. The predicted octanol–water partition coefficient (Wildman–Crippen LogP) is 5.27. The predicted molar refractivity (Wildman–Crippen MR) is 165 cm³/mol. The van der Waals surface area contributed by atoms with Crippen LogP contribution in [0.2, 0.25) is 0 Å². The molecule has 0 heterocycles. The zero-order chi connectivity index (χ0) is 31.8. The fourth-order valence-electron chi connectivity index (χ4n) is 4.82. The molecule has 0 bridgehead atoms. The number of rotatable bonds is 11. The number of amides is 3. The van der Waals surface area contributed by atoms with Crippen molar-refractivity contribution in [3.05, 3.63) is 71.3 Å². The van der Waals surface area contributed by atoms with Crippen molar-refractivity contribution in [2.45, 2.75) is 110 Å². The van der Waals surface area contributed by atoms with E-state index < -0.39 is 47.2 Å². The number of carbonyl (C=O) groups is 4. The maximum Gasteiger partial charge on any atom is 0.408 e. The lowest BCUT2D eigenvalue weighted by atomic mass is 9.88. The summed E-state index contributed by atoms with van der Waals surface area (Å²) in [5.41, 5.74) is 1.09. The van der Waals surface area contributed by atoms with Crippen LogP contribution >= 0.6 is 0 Å². The van der Waals surface area contributed by atoms with Crippen LogP contribution in [0, 0.1) is 0 Å². The van der Waals surface area contributed by atoms with Crippen LogP contribution in [0.25, 0.3) is 0 Å². The summed E-state index contributed by atoms with van der Waals surface area (Å²) in [6.45, 7) is 12.3. The zero-order valence-corrected chi connectivity index (χ0v) is 26.6. The van der Waals surface area contributed by atoms with Gasteiger partial charge in [-0.05, 0) is 83.9 Å². The number of benzene rings is 2. The van der Waals surface area contributed by atoms with E-state index in [0.717, 1.165) is 36.8 Å². The number of hydrogen-bond acceptors (Lipinski definition) is 6. The number of aryl methyl sites for hydroxylation is 1. The van der Waals surface area contributed by atoms with Crippen molar-refractivity contribution in [3.8, 4) is 0 Å². The second kappa shape index (κ2) is 14.5. The number of hydrogen-bond donors (Lipinski definition) is 2. The molecule has 9 nitrogen and oxygen atoms in total. The molecule has 0 radical (unpaired) electrons. The van der Waals surface area contributed by atoms with Crippen molar-refractivity contribution >= 4 is 23.9 Å². The standard InChI is InChI=1S/C34H47N3O6/c1-8-23-17-19-25(20-18-23)29(37(26-15-12-16-26)28(38)22-35-32(41)43-34(5,6)7)30(39)36-27(31(40)42-33(2,3)4)21-24-13-10-9-11-14-24/h9-11,13-14,17-20,26-27,29H,8,12,15-16,21-22H2,1-7H3,(H,35,41)(H,36,39). The van der Waals surface area contributed by atoms with E-state index in [1.54, 1.807) is 46.4 Å². The maximum atomic E-state index is 14.3. The van der Waals surface area contributed by atoms with Crippen LogP contribution in [0.5, 0.6) is 0 Å². The van der Waals surface area contributed by atoms with Crippen molar-refractivity contribution in [2.75, 3.05) is 6.54 Å². The molecule has 2 N–H and O–H groups in total. The Kier molecular flexibility index (Phi) is 11.4. The molecule has 43 heavy (non-hydrogen) atoms.